The zero-order valence-corrected chi connectivity index (χ0v) is 17.0. The lowest BCUT2D eigenvalue weighted by Crippen LogP contribution is -2.35. The highest BCUT2D eigenvalue weighted by Crippen LogP contribution is 2.38. The second-order valence-corrected chi connectivity index (χ2v) is 8.40. The lowest BCUT2D eigenvalue weighted by molar-refractivity contribution is -0.111. The average Bonchev–Trinajstić information content (AvgIpc) is 3.45. The molecule has 2 amide bonds. The van der Waals surface area contributed by atoms with E-state index in [-0.39, 0.29) is 12.0 Å². The molecule has 1 fully saturated rings. The molecule has 0 spiro atoms. The van der Waals surface area contributed by atoms with Gasteiger partial charge in [0, 0.05) is 30.5 Å². The second-order valence-electron chi connectivity index (χ2n) is 7.29. The Hall–Kier alpha value is -3.09. The topological polar surface area (TPSA) is 116 Å². The summed E-state index contributed by atoms with van der Waals surface area (Å²) in [5.41, 5.74) is 1.39. The highest BCUT2D eigenvalue weighted by molar-refractivity contribution is 7.16. The number of hydrogen-bond acceptors (Lipinski definition) is 7. The highest BCUT2D eigenvalue weighted by Gasteiger charge is 2.31. The van der Waals surface area contributed by atoms with Crippen molar-refractivity contribution in [2.24, 2.45) is 0 Å². The summed E-state index contributed by atoms with van der Waals surface area (Å²) in [4.78, 5) is 27.0. The quantitative estimate of drug-likeness (QED) is 0.725. The summed E-state index contributed by atoms with van der Waals surface area (Å²) >= 11 is 1.35. The monoisotopic (exact) mass is 427 g/mol. The third-order valence-corrected chi connectivity index (χ3v) is 6.37. The van der Waals surface area contributed by atoms with Gasteiger partial charge in [0.25, 0.3) is 0 Å². The van der Waals surface area contributed by atoms with Crippen molar-refractivity contribution in [1.82, 2.24) is 4.90 Å². The fourth-order valence-electron chi connectivity index (χ4n) is 3.68. The molecule has 2 unspecified atom stereocenters. The van der Waals surface area contributed by atoms with E-state index in [2.05, 4.69) is 11.4 Å². The fourth-order valence-corrected chi connectivity index (χ4v) is 4.95. The minimum absolute atomic E-state index is 0.282. The number of likely N-dealkylation sites (tertiary alicyclic amines) is 1. The van der Waals surface area contributed by atoms with E-state index < -0.39 is 12.2 Å². The molecule has 156 valence electrons. The van der Waals surface area contributed by atoms with Crippen molar-refractivity contribution in [3.05, 3.63) is 46.2 Å². The molecule has 2 atom stereocenters. The minimum atomic E-state index is -0.487. The van der Waals surface area contributed by atoms with Gasteiger partial charge in [-0.2, -0.15) is 5.26 Å². The molecule has 1 aliphatic carbocycles. The molecule has 3 heterocycles. The molecule has 30 heavy (non-hydrogen) atoms. The molecular formula is C21H21N3O5S. The number of carbonyl (C=O) groups excluding carboxylic acids is 2. The van der Waals surface area contributed by atoms with Crippen LogP contribution < -0.4 is 5.32 Å². The third kappa shape index (κ3) is 4.40. The number of aliphatic hydroxyl groups is 1. The zero-order valence-electron chi connectivity index (χ0n) is 16.2. The van der Waals surface area contributed by atoms with Crippen LogP contribution in [-0.4, -0.2) is 47.3 Å². The van der Waals surface area contributed by atoms with Gasteiger partial charge in [-0.05, 0) is 43.0 Å². The number of fused-ring (bicyclic) bond motifs is 1. The van der Waals surface area contributed by atoms with Gasteiger partial charge in [-0.25, -0.2) is 4.79 Å². The smallest absolute Gasteiger partial charge is 0.410 e. The molecule has 1 aliphatic heterocycles. The molecule has 4 rings (SSSR count). The summed E-state index contributed by atoms with van der Waals surface area (Å²) < 4.78 is 10.8. The molecular weight excluding hydrogens is 406 g/mol. The summed E-state index contributed by atoms with van der Waals surface area (Å²) in [6.45, 7) is 0.799. The van der Waals surface area contributed by atoms with E-state index >= 15 is 0 Å². The summed E-state index contributed by atoms with van der Waals surface area (Å²) in [6, 6.07) is 5.66. The number of furan rings is 1. The van der Waals surface area contributed by atoms with Crippen LogP contribution in [0.4, 0.5) is 9.80 Å². The highest BCUT2D eigenvalue weighted by atomic mass is 32.1. The summed E-state index contributed by atoms with van der Waals surface area (Å²) in [6.07, 6.45) is 5.55. The molecule has 8 nitrogen and oxygen atoms in total. The molecule has 1 saturated heterocycles. The number of carbonyl (C=O) groups is 2. The number of amides is 2. The van der Waals surface area contributed by atoms with Crippen LogP contribution in [0.2, 0.25) is 0 Å². The number of β-amino-alcohol motifs (C(OH)–C–C–N with tert-alkyl or cyclic N) is 1. The van der Waals surface area contributed by atoms with Gasteiger partial charge < -0.3 is 24.5 Å². The Morgan fingerprint density at radius 3 is 3.00 bits per heavy atom. The first-order chi connectivity index (χ1) is 14.5. The fraction of sp³-hybridized carbons (Fsp3) is 0.381. The van der Waals surface area contributed by atoms with Crippen LogP contribution in [-0.2, 0) is 22.4 Å². The molecule has 0 radical (unpaired) electrons. The van der Waals surface area contributed by atoms with Crippen molar-refractivity contribution in [2.75, 3.05) is 18.4 Å². The molecule has 0 saturated carbocycles. The molecule has 2 aliphatic rings. The van der Waals surface area contributed by atoms with Crippen molar-refractivity contribution >= 4 is 34.4 Å². The Labute approximate surface area is 177 Å². The predicted octanol–water partition coefficient (Wildman–Crippen LogP) is 2.93. The number of thiophene rings is 1. The van der Waals surface area contributed by atoms with Gasteiger partial charge in [0.1, 0.15) is 22.9 Å². The van der Waals surface area contributed by atoms with Crippen molar-refractivity contribution in [2.45, 2.75) is 37.9 Å². The van der Waals surface area contributed by atoms with Gasteiger partial charge in [0.2, 0.25) is 5.91 Å². The van der Waals surface area contributed by atoms with Gasteiger partial charge in [-0.3, -0.25) is 4.79 Å². The first-order valence-electron chi connectivity index (χ1n) is 9.74. The maximum Gasteiger partial charge on any atom is 0.410 e. The van der Waals surface area contributed by atoms with Crippen LogP contribution in [0.1, 0.15) is 34.6 Å². The maximum absolute atomic E-state index is 12.3. The largest absolute Gasteiger partial charge is 0.465 e. The van der Waals surface area contributed by atoms with E-state index in [4.69, 9.17) is 9.15 Å². The Balaban J connectivity index is 1.41. The van der Waals surface area contributed by atoms with Crippen LogP contribution in [0.25, 0.3) is 6.08 Å². The average molecular weight is 427 g/mol. The predicted molar refractivity (Wildman–Crippen MR) is 110 cm³/mol. The maximum atomic E-state index is 12.3. The summed E-state index contributed by atoms with van der Waals surface area (Å²) in [7, 11) is 0. The zero-order chi connectivity index (χ0) is 21.1. The number of hydrogen-bond donors (Lipinski definition) is 2. The summed E-state index contributed by atoms with van der Waals surface area (Å²) in [5, 5.41) is 22.5. The third-order valence-electron chi connectivity index (χ3n) is 5.20. The van der Waals surface area contributed by atoms with E-state index in [1.54, 1.807) is 18.2 Å². The van der Waals surface area contributed by atoms with Gasteiger partial charge in [0.05, 0.1) is 17.9 Å². The van der Waals surface area contributed by atoms with E-state index in [9.17, 15) is 20.0 Å². The number of rotatable bonds is 4. The SMILES string of the molecule is N#Cc1c(NC(=O)C=Cc2ccco2)sc2c1CCC(OC(=O)N1CCC(O)C1)C2. The normalized spacial score (nSPS) is 20.7. The number of nitrogens with zero attached hydrogens (tertiary/aromatic N) is 2. The standard InChI is InChI=1S/C21H21N3O5S/c22-11-17-16-5-3-15(29-21(27)24-8-7-13(25)12-24)10-18(16)30-20(17)23-19(26)6-4-14-2-1-9-28-14/h1-2,4,6,9,13,15,25H,3,5,7-8,10,12H2,(H,23,26). The van der Waals surface area contributed by atoms with Crippen molar-refractivity contribution in [1.29, 1.82) is 5.26 Å². The molecule has 9 heteroatoms. The summed E-state index contributed by atoms with van der Waals surface area (Å²) in [5.74, 6) is 0.211. The molecule has 0 bridgehead atoms. The molecule has 2 N–H and O–H groups in total. The van der Waals surface area contributed by atoms with Gasteiger partial charge >= 0.3 is 6.09 Å². The van der Waals surface area contributed by atoms with Crippen molar-refractivity contribution in [3.63, 3.8) is 0 Å². The van der Waals surface area contributed by atoms with Gasteiger partial charge in [0.15, 0.2) is 0 Å². The van der Waals surface area contributed by atoms with E-state index in [1.165, 1.54) is 28.6 Å². The number of anilines is 1. The van der Waals surface area contributed by atoms with E-state index in [0.29, 0.717) is 55.1 Å². The first-order valence-corrected chi connectivity index (χ1v) is 10.6. The lowest BCUT2D eigenvalue weighted by atomic mass is 9.94. The number of nitrogens with one attached hydrogen (secondary N) is 1. The number of aliphatic hydroxyl groups excluding tert-OH is 1. The van der Waals surface area contributed by atoms with Crippen LogP contribution in [0.3, 0.4) is 0 Å². The lowest BCUT2D eigenvalue weighted by Gasteiger charge is -2.25. The number of nitriles is 1. The Bertz CT molecular complexity index is 1000. The molecule has 0 aromatic carbocycles. The Morgan fingerprint density at radius 1 is 1.43 bits per heavy atom. The number of ether oxygens (including phenoxy) is 1. The van der Waals surface area contributed by atoms with Crippen LogP contribution >= 0.6 is 11.3 Å². The molecule has 2 aromatic heterocycles. The van der Waals surface area contributed by atoms with Crippen LogP contribution in [0.5, 0.6) is 0 Å². The molecule has 2 aromatic rings. The first kappa shape index (κ1) is 20.2. The van der Waals surface area contributed by atoms with Crippen molar-refractivity contribution in [3.8, 4) is 6.07 Å². The van der Waals surface area contributed by atoms with Crippen LogP contribution in [0.15, 0.2) is 28.9 Å². The van der Waals surface area contributed by atoms with Gasteiger partial charge in [-0.15, -0.1) is 11.3 Å². The van der Waals surface area contributed by atoms with Crippen LogP contribution in [0, 0.1) is 11.3 Å². The Morgan fingerprint density at radius 2 is 2.30 bits per heavy atom. The van der Waals surface area contributed by atoms with E-state index in [0.717, 1.165) is 10.4 Å². The van der Waals surface area contributed by atoms with Crippen molar-refractivity contribution < 1.29 is 23.8 Å². The van der Waals surface area contributed by atoms with Gasteiger partial charge in [-0.1, -0.05) is 0 Å². The van der Waals surface area contributed by atoms with E-state index in [1.807, 2.05) is 0 Å². The Kier molecular flexibility index (Phi) is 5.88. The minimum Gasteiger partial charge on any atom is -0.465 e. The second kappa shape index (κ2) is 8.73.